The van der Waals surface area contributed by atoms with Crippen molar-refractivity contribution in [1.82, 2.24) is 20.0 Å². The minimum absolute atomic E-state index is 0.365. The fourth-order valence-corrected chi connectivity index (χ4v) is 2.03. The summed E-state index contributed by atoms with van der Waals surface area (Å²) in [6.45, 7) is 4.73. The molecular formula is C11H18N4O2. The molecule has 2 rings (SSSR count). The molecule has 94 valence electrons. The van der Waals surface area contributed by atoms with E-state index in [1.165, 1.54) is 7.11 Å². The molecule has 0 amide bonds. The number of nitrogens with one attached hydrogen (secondary N) is 1. The maximum Gasteiger partial charge on any atom is 0.358 e. The molecule has 1 aliphatic heterocycles. The summed E-state index contributed by atoms with van der Waals surface area (Å²) in [5.41, 5.74) is 1.36. The predicted octanol–water partition coefficient (Wildman–Crippen LogP) is -0.388. The number of hydrogen-bond donors (Lipinski definition) is 1. The number of hydrogen-bond acceptors (Lipinski definition) is 5. The van der Waals surface area contributed by atoms with Crippen LogP contribution in [0.1, 0.15) is 16.1 Å². The fourth-order valence-electron chi connectivity index (χ4n) is 2.03. The second-order valence-electron chi connectivity index (χ2n) is 4.19. The normalized spacial score (nSPS) is 17.1. The highest BCUT2D eigenvalue weighted by Gasteiger charge is 2.19. The molecule has 6 heteroatoms. The van der Waals surface area contributed by atoms with Gasteiger partial charge in [0.05, 0.1) is 7.11 Å². The molecule has 1 N–H and O–H groups in total. The van der Waals surface area contributed by atoms with E-state index in [4.69, 9.17) is 4.74 Å². The fraction of sp³-hybridized carbons (Fsp3) is 0.636. The lowest BCUT2D eigenvalue weighted by Gasteiger charge is -2.26. The van der Waals surface area contributed by atoms with E-state index in [0.717, 1.165) is 38.3 Å². The van der Waals surface area contributed by atoms with Gasteiger partial charge in [0.1, 0.15) is 0 Å². The van der Waals surface area contributed by atoms with Crippen LogP contribution < -0.4 is 5.32 Å². The van der Waals surface area contributed by atoms with Gasteiger partial charge in [0, 0.05) is 51.5 Å². The average molecular weight is 238 g/mol. The maximum absolute atomic E-state index is 11.6. The molecule has 0 spiro atoms. The molecule has 1 aromatic heterocycles. The molecule has 0 saturated carbocycles. The highest BCUT2D eigenvalue weighted by Crippen LogP contribution is 2.11. The number of nitrogens with zero attached hydrogens (tertiary/aromatic N) is 3. The van der Waals surface area contributed by atoms with E-state index in [0.29, 0.717) is 5.69 Å². The van der Waals surface area contributed by atoms with Crippen molar-refractivity contribution in [3.05, 3.63) is 17.5 Å². The molecule has 2 heterocycles. The molecule has 0 unspecified atom stereocenters. The van der Waals surface area contributed by atoms with Crippen LogP contribution in [0.25, 0.3) is 0 Å². The molecular weight excluding hydrogens is 220 g/mol. The lowest BCUT2D eigenvalue weighted by atomic mass is 10.2. The second kappa shape index (κ2) is 5.29. The Kier molecular flexibility index (Phi) is 3.75. The molecule has 1 aromatic rings. The Balaban J connectivity index is 2.11. The Morgan fingerprint density at radius 2 is 2.24 bits per heavy atom. The third-order valence-electron chi connectivity index (χ3n) is 2.89. The summed E-state index contributed by atoms with van der Waals surface area (Å²) in [4.78, 5) is 13.9. The summed E-state index contributed by atoms with van der Waals surface area (Å²) in [5, 5.41) is 7.45. The third-order valence-corrected chi connectivity index (χ3v) is 2.89. The molecule has 6 nitrogen and oxygen atoms in total. The number of carbonyl (C=O) groups is 1. The van der Waals surface area contributed by atoms with E-state index in [-0.39, 0.29) is 5.97 Å². The lowest BCUT2D eigenvalue weighted by molar-refractivity contribution is 0.0590. The predicted molar refractivity (Wildman–Crippen MR) is 62.7 cm³/mol. The van der Waals surface area contributed by atoms with E-state index in [2.05, 4.69) is 15.3 Å². The number of esters is 1. The molecule has 0 atom stereocenters. The van der Waals surface area contributed by atoms with E-state index < -0.39 is 0 Å². The van der Waals surface area contributed by atoms with Crippen molar-refractivity contribution in [2.24, 2.45) is 7.05 Å². The third kappa shape index (κ3) is 2.83. The number of carbonyl (C=O) groups excluding carboxylic acids is 1. The van der Waals surface area contributed by atoms with Gasteiger partial charge in [-0.25, -0.2) is 4.79 Å². The minimum atomic E-state index is -0.365. The smallest absolute Gasteiger partial charge is 0.358 e. The van der Waals surface area contributed by atoms with Gasteiger partial charge >= 0.3 is 5.97 Å². The number of methoxy groups -OCH3 is 1. The van der Waals surface area contributed by atoms with Gasteiger partial charge in [0.2, 0.25) is 0 Å². The highest BCUT2D eigenvalue weighted by molar-refractivity contribution is 5.88. The number of piperazine rings is 1. The molecule has 1 saturated heterocycles. The zero-order valence-electron chi connectivity index (χ0n) is 10.3. The van der Waals surface area contributed by atoms with Crippen molar-refractivity contribution in [2.45, 2.75) is 6.54 Å². The van der Waals surface area contributed by atoms with Crippen LogP contribution in [0, 0.1) is 0 Å². The highest BCUT2D eigenvalue weighted by atomic mass is 16.5. The maximum atomic E-state index is 11.6. The van der Waals surface area contributed by atoms with Crippen LogP contribution in [-0.2, 0) is 18.3 Å². The summed E-state index contributed by atoms with van der Waals surface area (Å²) in [7, 11) is 3.19. The molecule has 0 aromatic carbocycles. The van der Waals surface area contributed by atoms with Crippen LogP contribution >= 0.6 is 0 Å². The first-order valence-electron chi connectivity index (χ1n) is 5.74. The molecule has 1 aliphatic rings. The van der Waals surface area contributed by atoms with Crippen LogP contribution in [0.2, 0.25) is 0 Å². The van der Waals surface area contributed by atoms with E-state index in [1.807, 2.05) is 13.2 Å². The molecule has 1 fully saturated rings. The van der Waals surface area contributed by atoms with Crippen LogP contribution in [0.4, 0.5) is 0 Å². The van der Waals surface area contributed by atoms with E-state index >= 15 is 0 Å². The summed E-state index contributed by atoms with van der Waals surface area (Å²) in [5.74, 6) is -0.365. The van der Waals surface area contributed by atoms with Gasteiger partial charge in [0.25, 0.3) is 0 Å². The van der Waals surface area contributed by atoms with Crippen molar-refractivity contribution < 1.29 is 9.53 Å². The Bertz CT molecular complexity index is 396. The quantitative estimate of drug-likeness (QED) is 0.727. The van der Waals surface area contributed by atoms with E-state index in [1.54, 1.807) is 4.68 Å². The van der Waals surface area contributed by atoms with Crippen molar-refractivity contribution in [1.29, 1.82) is 0 Å². The molecule has 0 radical (unpaired) electrons. The van der Waals surface area contributed by atoms with Crippen LogP contribution in [-0.4, -0.2) is 53.9 Å². The van der Waals surface area contributed by atoms with Gasteiger partial charge in [0.15, 0.2) is 5.69 Å². The number of rotatable bonds is 3. The Morgan fingerprint density at radius 1 is 1.53 bits per heavy atom. The van der Waals surface area contributed by atoms with Gasteiger partial charge in [-0.15, -0.1) is 0 Å². The molecule has 17 heavy (non-hydrogen) atoms. The molecule has 0 bridgehead atoms. The van der Waals surface area contributed by atoms with Crippen molar-refractivity contribution in [2.75, 3.05) is 33.3 Å². The van der Waals surface area contributed by atoms with E-state index in [9.17, 15) is 4.79 Å². The Morgan fingerprint density at radius 3 is 2.88 bits per heavy atom. The first kappa shape index (κ1) is 12.1. The van der Waals surface area contributed by atoms with Crippen molar-refractivity contribution in [3.8, 4) is 0 Å². The van der Waals surface area contributed by atoms with Crippen LogP contribution in [0.15, 0.2) is 6.20 Å². The van der Waals surface area contributed by atoms with Gasteiger partial charge < -0.3 is 10.1 Å². The van der Waals surface area contributed by atoms with Gasteiger partial charge in [-0.2, -0.15) is 5.10 Å². The van der Waals surface area contributed by atoms with Crippen LogP contribution in [0.5, 0.6) is 0 Å². The SMILES string of the molecule is COC(=O)c1nn(C)cc1CN1CCNCC1. The summed E-state index contributed by atoms with van der Waals surface area (Å²) in [6.07, 6.45) is 1.88. The van der Waals surface area contributed by atoms with Gasteiger partial charge in [-0.05, 0) is 0 Å². The van der Waals surface area contributed by atoms with Crippen molar-refractivity contribution >= 4 is 5.97 Å². The second-order valence-corrected chi connectivity index (χ2v) is 4.19. The monoisotopic (exact) mass is 238 g/mol. The number of ether oxygens (including phenoxy) is 1. The standard InChI is InChI=1S/C11H18N4O2/c1-14-7-9(10(13-14)11(16)17-2)8-15-5-3-12-4-6-15/h7,12H,3-6,8H2,1-2H3. The molecule has 0 aliphatic carbocycles. The summed E-state index contributed by atoms with van der Waals surface area (Å²) < 4.78 is 6.39. The number of aromatic nitrogens is 2. The lowest BCUT2D eigenvalue weighted by Crippen LogP contribution is -2.43. The number of aryl methyl sites for hydroxylation is 1. The Hall–Kier alpha value is -1.40. The zero-order valence-corrected chi connectivity index (χ0v) is 10.3. The topological polar surface area (TPSA) is 59.4 Å². The summed E-state index contributed by atoms with van der Waals surface area (Å²) >= 11 is 0. The van der Waals surface area contributed by atoms with Gasteiger partial charge in [-0.1, -0.05) is 0 Å². The zero-order chi connectivity index (χ0) is 12.3. The summed E-state index contributed by atoms with van der Waals surface area (Å²) in [6, 6.07) is 0. The average Bonchev–Trinajstić information content (AvgIpc) is 2.70. The minimum Gasteiger partial charge on any atom is -0.464 e. The van der Waals surface area contributed by atoms with Crippen molar-refractivity contribution in [3.63, 3.8) is 0 Å². The largest absolute Gasteiger partial charge is 0.464 e. The first-order valence-corrected chi connectivity index (χ1v) is 5.74. The van der Waals surface area contributed by atoms with Crippen LogP contribution in [0.3, 0.4) is 0 Å². The first-order chi connectivity index (χ1) is 8.20. The Labute approximate surface area is 101 Å². The van der Waals surface area contributed by atoms with Gasteiger partial charge in [-0.3, -0.25) is 9.58 Å².